The van der Waals surface area contributed by atoms with Gasteiger partial charge in [-0.25, -0.2) is 0 Å². The summed E-state index contributed by atoms with van der Waals surface area (Å²) in [7, 11) is 0. The normalized spacial score (nSPS) is 15.5. The van der Waals surface area contributed by atoms with Crippen LogP contribution >= 0.6 is 11.6 Å². The first-order chi connectivity index (χ1) is 16.5. The molecule has 0 aromatic heterocycles. The molecule has 2 heterocycles. The second kappa shape index (κ2) is 9.19. The topological polar surface area (TPSA) is 84.9 Å². The number of rotatable bonds is 5. The summed E-state index contributed by atoms with van der Waals surface area (Å²) in [5.74, 6) is -0.558. The van der Waals surface area contributed by atoms with Crippen LogP contribution in [0.15, 0.2) is 66.7 Å². The lowest BCUT2D eigenvalue weighted by atomic mass is 10.0. The van der Waals surface area contributed by atoms with Crippen LogP contribution in [0, 0.1) is 0 Å². The van der Waals surface area contributed by atoms with Crippen molar-refractivity contribution in [3.63, 3.8) is 0 Å². The molecule has 8 heteroatoms. The number of hydrogen-bond donors (Lipinski definition) is 1. The van der Waals surface area contributed by atoms with Crippen molar-refractivity contribution in [1.82, 2.24) is 4.90 Å². The zero-order chi connectivity index (χ0) is 23.7. The van der Waals surface area contributed by atoms with E-state index in [0.717, 1.165) is 16.9 Å². The molecule has 172 valence electrons. The van der Waals surface area contributed by atoms with Crippen LogP contribution in [0.25, 0.3) is 0 Å². The zero-order valence-electron chi connectivity index (χ0n) is 18.1. The van der Waals surface area contributed by atoms with Gasteiger partial charge in [-0.15, -0.1) is 0 Å². The quantitative estimate of drug-likeness (QED) is 0.553. The molecule has 3 aromatic rings. The summed E-state index contributed by atoms with van der Waals surface area (Å²) >= 11 is 6.42. The second-order valence-corrected chi connectivity index (χ2v) is 8.46. The van der Waals surface area contributed by atoms with Crippen molar-refractivity contribution in [2.45, 2.75) is 18.9 Å². The van der Waals surface area contributed by atoms with Crippen LogP contribution in [0.4, 0.5) is 5.69 Å². The Morgan fingerprint density at radius 3 is 2.15 bits per heavy atom. The molecule has 2 aliphatic rings. The van der Waals surface area contributed by atoms with Crippen LogP contribution in [-0.2, 0) is 11.2 Å². The number of hydrogen-bond acceptors (Lipinski definition) is 5. The van der Waals surface area contributed by atoms with Crippen LogP contribution < -0.4 is 14.8 Å². The van der Waals surface area contributed by atoms with E-state index in [1.165, 1.54) is 0 Å². The summed E-state index contributed by atoms with van der Waals surface area (Å²) < 4.78 is 11.3. The van der Waals surface area contributed by atoms with Crippen LogP contribution in [0.2, 0.25) is 5.02 Å². The number of imide groups is 1. The number of halogens is 1. The number of ether oxygens (including phenoxy) is 2. The average molecular weight is 477 g/mol. The molecule has 1 atom stereocenters. The third-order valence-electron chi connectivity index (χ3n) is 5.81. The van der Waals surface area contributed by atoms with Gasteiger partial charge in [0, 0.05) is 25.0 Å². The highest BCUT2D eigenvalue weighted by Crippen LogP contribution is 2.38. The Morgan fingerprint density at radius 1 is 0.912 bits per heavy atom. The Morgan fingerprint density at radius 2 is 1.50 bits per heavy atom. The van der Waals surface area contributed by atoms with Gasteiger partial charge in [-0.2, -0.15) is 0 Å². The number of nitrogens with one attached hydrogen (secondary N) is 1. The summed E-state index contributed by atoms with van der Waals surface area (Å²) in [5, 5.41) is 3.06. The maximum Gasteiger partial charge on any atom is 0.262 e. The highest BCUT2D eigenvalue weighted by Gasteiger charge is 2.42. The first kappa shape index (κ1) is 22.0. The van der Waals surface area contributed by atoms with Crippen LogP contribution in [0.3, 0.4) is 0 Å². The fourth-order valence-corrected chi connectivity index (χ4v) is 4.33. The number of fused-ring (bicyclic) bond motifs is 2. The van der Waals surface area contributed by atoms with E-state index in [-0.39, 0.29) is 22.6 Å². The predicted octanol–water partition coefficient (Wildman–Crippen LogP) is 4.35. The summed E-state index contributed by atoms with van der Waals surface area (Å²) in [4.78, 5) is 40.9. The molecular weight excluding hydrogens is 456 g/mol. The van der Waals surface area contributed by atoms with Crippen molar-refractivity contribution < 1.29 is 23.9 Å². The first-order valence-corrected chi connectivity index (χ1v) is 11.3. The summed E-state index contributed by atoms with van der Waals surface area (Å²) in [6.07, 6.45) is 0.882. The smallest absolute Gasteiger partial charge is 0.262 e. The summed E-state index contributed by atoms with van der Waals surface area (Å²) in [6.45, 7) is 0.988. The highest BCUT2D eigenvalue weighted by atomic mass is 35.5. The molecule has 3 amide bonds. The molecule has 5 rings (SSSR count). The number of nitrogens with zero attached hydrogens (tertiary/aromatic N) is 1. The van der Waals surface area contributed by atoms with Crippen LogP contribution in [0.5, 0.6) is 11.5 Å². The van der Waals surface area contributed by atoms with E-state index >= 15 is 0 Å². The van der Waals surface area contributed by atoms with Gasteiger partial charge in [0.2, 0.25) is 5.91 Å². The van der Waals surface area contributed by atoms with Crippen molar-refractivity contribution in [3.8, 4) is 11.5 Å². The van der Waals surface area contributed by atoms with E-state index in [9.17, 15) is 14.4 Å². The molecule has 1 N–H and O–H groups in total. The third kappa shape index (κ3) is 4.10. The molecular formula is C26H21ClN2O5. The van der Waals surface area contributed by atoms with Gasteiger partial charge in [-0.1, -0.05) is 54.1 Å². The second-order valence-electron chi connectivity index (χ2n) is 8.05. The Labute approximate surface area is 201 Å². The van der Waals surface area contributed by atoms with Gasteiger partial charge in [0.25, 0.3) is 11.8 Å². The van der Waals surface area contributed by atoms with Crippen molar-refractivity contribution in [2.75, 3.05) is 18.5 Å². The van der Waals surface area contributed by atoms with E-state index in [0.29, 0.717) is 30.4 Å². The molecule has 0 bridgehead atoms. The lowest BCUT2D eigenvalue weighted by Crippen LogP contribution is -2.48. The molecule has 0 radical (unpaired) electrons. The fourth-order valence-electron chi connectivity index (χ4n) is 4.13. The van der Waals surface area contributed by atoms with E-state index in [4.69, 9.17) is 21.1 Å². The zero-order valence-corrected chi connectivity index (χ0v) is 18.9. The lowest BCUT2D eigenvalue weighted by molar-refractivity contribution is -0.119. The molecule has 0 spiro atoms. The van der Waals surface area contributed by atoms with Gasteiger partial charge in [-0.3, -0.25) is 19.3 Å². The largest absolute Gasteiger partial charge is 0.490 e. The summed E-state index contributed by atoms with van der Waals surface area (Å²) in [5.41, 5.74) is 1.69. The van der Waals surface area contributed by atoms with Crippen LogP contribution in [-0.4, -0.2) is 41.9 Å². The number of carbonyl (C=O) groups is 3. The minimum absolute atomic E-state index is 0.153. The number of carbonyl (C=O) groups excluding carboxylic acids is 3. The SMILES string of the molecule is O=C(Nc1cc2c(cc1Cl)OCCCO2)C(Cc1ccccc1)N1C(=O)c2ccccc2C1=O. The molecule has 7 nitrogen and oxygen atoms in total. The predicted molar refractivity (Wildman–Crippen MR) is 127 cm³/mol. The third-order valence-corrected chi connectivity index (χ3v) is 6.12. The van der Waals surface area contributed by atoms with Gasteiger partial charge in [0.15, 0.2) is 11.5 Å². The maximum atomic E-state index is 13.5. The van der Waals surface area contributed by atoms with Gasteiger partial charge >= 0.3 is 0 Å². The van der Waals surface area contributed by atoms with Crippen molar-refractivity contribution in [1.29, 1.82) is 0 Å². The van der Waals surface area contributed by atoms with Gasteiger partial charge in [0.1, 0.15) is 6.04 Å². The van der Waals surface area contributed by atoms with Gasteiger partial charge in [0.05, 0.1) is 35.1 Å². The Bertz CT molecular complexity index is 1240. The maximum absolute atomic E-state index is 13.5. The Hall–Kier alpha value is -3.84. The van der Waals surface area contributed by atoms with Crippen LogP contribution in [0.1, 0.15) is 32.7 Å². The van der Waals surface area contributed by atoms with E-state index < -0.39 is 23.8 Å². The van der Waals surface area contributed by atoms with Crippen molar-refractivity contribution in [2.24, 2.45) is 0 Å². The lowest BCUT2D eigenvalue weighted by Gasteiger charge is -2.26. The van der Waals surface area contributed by atoms with Crippen molar-refractivity contribution in [3.05, 3.63) is 88.4 Å². The van der Waals surface area contributed by atoms with E-state index in [1.54, 1.807) is 36.4 Å². The van der Waals surface area contributed by atoms with Gasteiger partial charge in [-0.05, 0) is 17.7 Å². The molecule has 0 fully saturated rings. The number of benzene rings is 3. The molecule has 2 aliphatic heterocycles. The van der Waals surface area contributed by atoms with E-state index in [1.807, 2.05) is 30.3 Å². The molecule has 3 aromatic carbocycles. The molecule has 34 heavy (non-hydrogen) atoms. The number of amides is 3. The van der Waals surface area contributed by atoms with E-state index in [2.05, 4.69) is 5.32 Å². The Balaban J connectivity index is 1.48. The number of anilines is 1. The fraction of sp³-hybridized carbons (Fsp3) is 0.192. The highest BCUT2D eigenvalue weighted by molar-refractivity contribution is 6.34. The average Bonchev–Trinajstić information content (AvgIpc) is 2.97. The molecule has 1 unspecified atom stereocenters. The van der Waals surface area contributed by atoms with Crippen molar-refractivity contribution >= 4 is 35.0 Å². The first-order valence-electron chi connectivity index (χ1n) is 10.9. The Kier molecular flexibility index (Phi) is 5.94. The minimum Gasteiger partial charge on any atom is -0.490 e. The standard InChI is InChI=1S/C26H21ClN2O5/c27-19-14-22-23(34-12-6-11-33-22)15-20(19)28-24(30)21(13-16-7-2-1-3-8-16)29-25(31)17-9-4-5-10-18(17)26(29)32/h1-5,7-10,14-15,21H,6,11-13H2,(H,28,30). The molecule has 0 saturated carbocycles. The molecule has 0 saturated heterocycles. The molecule has 0 aliphatic carbocycles. The monoisotopic (exact) mass is 476 g/mol. The van der Waals surface area contributed by atoms with Gasteiger partial charge < -0.3 is 14.8 Å². The summed E-state index contributed by atoms with van der Waals surface area (Å²) in [6, 6.07) is 17.9. The minimum atomic E-state index is -1.08.